The molecule has 5 nitrogen and oxygen atoms in total. The maximum atomic E-state index is 5.79. The van der Waals surface area contributed by atoms with Crippen LogP contribution >= 0.6 is 11.3 Å². The zero-order valence-corrected chi connectivity index (χ0v) is 13.4. The molecule has 1 aliphatic heterocycles. The maximum Gasteiger partial charge on any atom is 0.141 e. The van der Waals surface area contributed by atoms with Gasteiger partial charge < -0.3 is 14.4 Å². The molecule has 1 atom stereocenters. The normalized spacial score (nSPS) is 18.5. The number of aryl methyl sites for hydroxylation is 1. The lowest BCUT2D eigenvalue weighted by Crippen LogP contribution is -2.35. The minimum Gasteiger partial charge on any atom is -0.383 e. The number of hydrogen-bond donors (Lipinski definition) is 0. The van der Waals surface area contributed by atoms with Gasteiger partial charge in [-0.15, -0.1) is 11.3 Å². The first-order valence-corrected chi connectivity index (χ1v) is 8.23. The predicted molar refractivity (Wildman–Crippen MR) is 85.2 cm³/mol. The van der Waals surface area contributed by atoms with Crippen molar-refractivity contribution in [2.45, 2.75) is 25.9 Å². The summed E-state index contributed by atoms with van der Waals surface area (Å²) in [7, 11) is 1.73. The lowest BCUT2D eigenvalue weighted by Gasteiger charge is -2.27. The number of anilines is 1. The number of thiophene rings is 1. The Morgan fingerprint density at radius 3 is 3.14 bits per heavy atom. The third kappa shape index (κ3) is 3.33. The fourth-order valence-electron chi connectivity index (χ4n) is 2.70. The van der Waals surface area contributed by atoms with Gasteiger partial charge in [0.2, 0.25) is 0 Å². The summed E-state index contributed by atoms with van der Waals surface area (Å²) >= 11 is 1.66. The quantitative estimate of drug-likeness (QED) is 0.821. The van der Waals surface area contributed by atoms with E-state index in [1.807, 2.05) is 6.92 Å². The number of hydrogen-bond acceptors (Lipinski definition) is 6. The third-order valence-electron chi connectivity index (χ3n) is 3.73. The van der Waals surface area contributed by atoms with E-state index in [1.165, 1.54) is 0 Å². The van der Waals surface area contributed by atoms with Crippen LogP contribution in [-0.2, 0) is 9.47 Å². The second kappa shape index (κ2) is 6.68. The number of nitrogens with zero attached hydrogens (tertiary/aromatic N) is 3. The van der Waals surface area contributed by atoms with Gasteiger partial charge in [0.25, 0.3) is 0 Å². The van der Waals surface area contributed by atoms with Crippen molar-refractivity contribution >= 4 is 27.4 Å². The summed E-state index contributed by atoms with van der Waals surface area (Å²) in [5.41, 5.74) is 0. The molecule has 0 N–H and O–H groups in total. The van der Waals surface area contributed by atoms with E-state index in [1.54, 1.807) is 18.4 Å². The summed E-state index contributed by atoms with van der Waals surface area (Å²) in [4.78, 5) is 12.5. The fourth-order valence-corrected chi connectivity index (χ4v) is 3.51. The van der Waals surface area contributed by atoms with Crippen molar-refractivity contribution in [3.63, 3.8) is 0 Å². The van der Waals surface area contributed by atoms with Gasteiger partial charge in [-0.25, -0.2) is 9.97 Å². The zero-order valence-electron chi connectivity index (χ0n) is 12.5. The molecule has 0 saturated carbocycles. The highest BCUT2D eigenvalue weighted by atomic mass is 32.1. The van der Waals surface area contributed by atoms with Crippen molar-refractivity contribution in [3.8, 4) is 0 Å². The van der Waals surface area contributed by atoms with Crippen LogP contribution in [0.1, 0.15) is 18.7 Å². The molecule has 3 heterocycles. The summed E-state index contributed by atoms with van der Waals surface area (Å²) < 4.78 is 11.0. The molecule has 1 fully saturated rings. The van der Waals surface area contributed by atoms with Gasteiger partial charge in [0.15, 0.2) is 0 Å². The Morgan fingerprint density at radius 1 is 1.48 bits per heavy atom. The monoisotopic (exact) mass is 307 g/mol. The van der Waals surface area contributed by atoms with E-state index < -0.39 is 0 Å². The van der Waals surface area contributed by atoms with Crippen LogP contribution in [0.4, 0.5) is 5.82 Å². The Bertz CT molecular complexity index is 596. The highest BCUT2D eigenvalue weighted by Crippen LogP contribution is 2.28. The maximum absolute atomic E-state index is 5.79. The number of fused-ring (bicyclic) bond motifs is 1. The SMILES string of the molecule is COCCN(C[C@@H]1CCCO1)c1nc(C)nc2sccc12. The molecular weight excluding hydrogens is 286 g/mol. The molecule has 3 rings (SSSR count). The summed E-state index contributed by atoms with van der Waals surface area (Å²) in [5, 5.41) is 3.20. The standard InChI is InChI=1S/C15H21N3O2S/c1-11-16-14(13-5-9-21-15(13)17-11)18(6-8-19-2)10-12-4-3-7-20-12/h5,9,12H,3-4,6-8,10H2,1-2H3/t12-/m0/s1. The Kier molecular flexibility index (Phi) is 4.67. The van der Waals surface area contributed by atoms with Crippen LogP contribution in [-0.4, -0.2) is 49.5 Å². The Morgan fingerprint density at radius 2 is 2.38 bits per heavy atom. The summed E-state index contributed by atoms with van der Waals surface area (Å²) in [6.45, 7) is 5.19. The second-order valence-corrected chi connectivity index (χ2v) is 6.20. The highest BCUT2D eigenvalue weighted by Gasteiger charge is 2.22. The van der Waals surface area contributed by atoms with Gasteiger partial charge in [-0.3, -0.25) is 0 Å². The Labute approximate surface area is 128 Å². The molecule has 1 aliphatic rings. The van der Waals surface area contributed by atoms with Crippen molar-refractivity contribution in [3.05, 3.63) is 17.3 Å². The lowest BCUT2D eigenvalue weighted by molar-refractivity contribution is 0.113. The molecule has 0 spiro atoms. The molecule has 21 heavy (non-hydrogen) atoms. The average molecular weight is 307 g/mol. The molecule has 0 radical (unpaired) electrons. The number of aromatic nitrogens is 2. The first kappa shape index (κ1) is 14.7. The van der Waals surface area contributed by atoms with Gasteiger partial charge in [-0.2, -0.15) is 0 Å². The molecule has 2 aromatic rings. The van der Waals surface area contributed by atoms with Crippen molar-refractivity contribution < 1.29 is 9.47 Å². The molecule has 0 bridgehead atoms. The molecule has 2 aromatic heterocycles. The van der Waals surface area contributed by atoms with E-state index in [-0.39, 0.29) is 0 Å². The largest absolute Gasteiger partial charge is 0.383 e. The molecule has 0 aromatic carbocycles. The average Bonchev–Trinajstić information content (AvgIpc) is 3.13. The summed E-state index contributed by atoms with van der Waals surface area (Å²) in [5.74, 6) is 1.82. The van der Waals surface area contributed by atoms with E-state index in [4.69, 9.17) is 9.47 Å². The molecular formula is C15H21N3O2S. The third-order valence-corrected chi connectivity index (χ3v) is 4.54. The second-order valence-electron chi connectivity index (χ2n) is 5.31. The highest BCUT2D eigenvalue weighted by molar-refractivity contribution is 7.16. The minimum absolute atomic E-state index is 0.297. The van der Waals surface area contributed by atoms with Crippen molar-refractivity contribution in [2.24, 2.45) is 0 Å². The topological polar surface area (TPSA) is 47.5 Å². The van der Waals surface area contributed by atoms with Gasteiger partial charge in [0.05, 0.1) is 18.1 Å². The van der Waals surface area contributed by atoms with Crippen LogP contribution in [0.25, 0.3) is 10.2 Å². The van der Waals surface area contributed by atoms with Crippen LogP contribution < -0.4 is 4.90 Å². The van der Waals surface area contributed by atoms with Crippen LogP contribution in [0, 0.1) is 6.92 Å². The molecule has 1 saturated heterocycles. The van der Waals surface area contributed by atoms with E-state index in [0.717, 1.165) is 54.4 Å². The van der Waals surface area contributed by atoms with E-state index in [0.29, 0.717) is 12.7 Å². The first-order chi connectivity index (χ1) is 10.3. The van der Waals surface area contributed by atoms with Crippen LogP contribution in [0.5, 0.6) is 0 Å². The molecule has 0 unspecified atom stereocenters. The Hall–Kier alpha value is -1.24. The number of ether oxygens (including phenoxy) is 2. The molecule has 6 heteroatoms. The fraction of sp³-hybridized carbons (Fsp3) is 0.600. The van der Waals surface area contributed by atoms with Gasteiger partial charge >= 0.3 is 0 Å². The number of methoxy groups -OCH3 is 1. The van der Waals surface area contributed by atoms with Crippen molar-refractivity contribution in [1.82, 2.24) is 9.97 Å². The predicted octanol–water partition coefficient (Wildman–Crippen LogP) is 2.63. The van der Waals surface area contributed by atoms with Crippen LogP contribution in [0.2, 0.25) is 0 Å². The van der Waals surface area contributed by atoms with E-state index in [2.05, 4.69) is 26.3 Å². The van der Waals surface area contributed by atoms with Crippen LogP contribution in [0.3, 0.4) is 0 Å². The van der Waals surface area contributed by atoms with Crippen molar-refractivity contribution in [2.75, 3.05) is 38.3 Å². The lowest BCUT2D eigenvalue weighted by atomic mass is 10.2. The number of rotatable bonds is 6. The molecule has 0 aliphatic carbocycles. The van der Waals surface area contributed by atoms with Gasteiger partial charge in [-0.05, 0) is 31.2 Å². The van der Waals surface area contributed by atoms with Gasteiger partial charge in [-0.1, -0.05) is 0 Å². The minimum atomic E-state index is 0.297. The molecule has 0 amide bonds. The van der Waals surface area contributed by atoms with E-state index >= 15 is 0 Å². The molecule has 114 valence electrons. The zero-order chi connectivity index (χ0) is 14.7. The Balaban J connectivity index is 1.90. The van der Waals surface area contributed by atoms with Gasteiger partial charge in [0, 0.05) is 26.8 Å². The summed E-state index contributed by atoms with van der Waals surface area (Å²) in [6.07, 6.45) is 2.57. The van der Waals surface area contributed by atoms with Crippen LogP contribution in [0.15, 0.2) is 11.4 Å². The van der Waals surface area contributed by atoms with Crippen molar-refractivity contribution in [1.29, 1.82) is 0 Å². The first-order valence-electron chi connectivity index (χ1n) is 7.35. The van der Waals surface area contributed by atoms with E-state index in [9.17, 15) is 0 Å². The smallest absolute Gasteiger partial charge is 0.141 e. The summed E-state index contributed by atoms with van der Waals surface area (Å²) in [6, 6.07) is 2.10. The van der Waals surface area contributed by atoms with Gasteiger partial charge in [0.1, 0.15) is 16.5 Å².